The van der Waals surface area contributed by atoms with Gasteiger partial charge in [-0.15, -0.1) is 0 Å². The number of rotatable bonds is 3. The van der Waals surface area contributed by atoms with Crippen LogP contribution in [0.2, 0.25) is 0 Å². The molecule has 0 spiro atoms. The van der Waals surface area contributed by atoms with Crippen LogP contribution in [0.4, 0.5) is 15.8 Å². The molecule has 106 valence electrons. The molecule has 1 aliphatic rings. The summed E-state index contributed by atoms with van der Waals surface area (Å²) < 4.78 is 14.3. The lowest BCUT2D eigenvalue weighted by atomic mass is 10.1. The molecule has 2 heterocycles. The summed E-state index contributed by atoms with van der Waals surface area (Å²) in [4.78, 5) is 6.33. The monoisotopic (exact) mass is 275 g/mol. The summed E-state index contributed by atoms with van der Waals surface area (Å²) in [6.45, 7) is 1.73. The van der Waals surface area contributed by atoms with E-state index in [0.717, 1.165) is 31.3 Å². The number of hydrogen-bond donors (Lipinski definition) is 2. The van der Waals surface area contributed by atoms with Crippen molar-refractivity contribution in [2.75, 3.05) is 30.3 Å². The minimum absolute atomic E-state index is 0.182. The average Bonchev–Trinajstić information content (AvgIpc) is 2.88. The van der Waals surface area contributed by atoms with Crippen LogP contribution in [0.3, 0.4) is 0 Å². The van der Waals surface area contributed by atoms with Gasteiger partial charge in [0, 0.05) is 37.0 Å². The summed E-state index contributed by atoms with van der Waals surface area (Å²) in [5, 5.41) is 9.81. The second-order valence-corrected chi connectivity index (χ2v) is 5.31. The Balaban J connectivity index is 2.04. The summed E-state index contributed by atoms with van der Waals surface area (Å²) in [7, 11) is 0. The van der Waals surface area contributed by atoms with Crippen molar-refractivity contribution in [1.29, 1.82) is 0 Å². The molecule has 2 aromatic rings. The number of aliphatic hydroxyl groups is 1. The zero-order chi connectivity index (χ0) is 14.1. The third kappa shape index (κ3) is 2.18. The first-order chi connectivity index (χ1) is 9.70. The molecule has 0 radical (unpaired) electrons. The third-order valence-corrected chi connectivity index (χ3v) is 3.99. The Morgan fingerprint density at radius 3 is 3.15 bits per heavy atom. The van der Waals surface area contributed by atoms with Gasteiger partial charge in [0.25, 0.3) is 0 Å². The first-order valence-corrected chi connectivity index (χ1v) is 6.89. The van der Waals surface area contributed by atoms with Gasteiger partial charge < -0.3 is 15.7 Å². The number of anilines is 2. The number of halogens is 1. The predicted octanol–water partition coefficient (Wildman–Crippen LogP) is 2.16. The van der Waals surface area contributed by atoms with Gasteiger partial charge in [-0.05, 0) is 37.0 Å². The number of nitrogen functional groups attached to an aromatic ring is 1. The third-order valence-electron chi connectivity index (χ3n) is 3.99. The molecular formula is C15H18FN3O. The van der Waals surface area contributed by atoms with Gasteiger partial charge in [-0.3, -0.25) is 4.98 Å². The van der Waals surface area contributed by atoms with Gasteiger partial charge in [0.15, 0.2) is 5.82 Å². The molecule has 0 amide bonds. The van der Waals surface area contributed by atoms with Gasteiger partial charge in [0.2, 0.25) is 0 Å². The Morgan fingerprint density at radius 2 is 2.35 bits per heavy atom. The molecule has 5 heteroatoms. The summed E-state index contributed by atoms with van der Waals surface area (Å²) in [5.41, 5.74) is 7.44. The number of hydrogen-bond acceptors (Lipinski definition) is 4. The van der Waals surface area contributed by atoms with Crippen molar-refractivity contribution in [3.8, 4) is 0 Å². The summed E-state index contributed by atoms with van der Waals surface area (Å²) >= 11 is 0. The molecule has 1 atom stereocenters. The highest BCUT2D eigenvalue weighted by Gasteiger charge is 2.26. The molecule has 0 bridgehead atoms. The molecule has 3 N–H and O–H groups in total. The van der Waals surface area contributed by atoms with Crippen molar-refractivity contribution in [1.82, 2.24) is 4.98 Å². The molecular weight excluding hydrogens is 257 g/mol. The highest BCUT2D eigenvalue weighted by atomic mass is 19.1. The number of pyridine rings is 1. The van der Waals surface area contributed by atoms with Gasteiger partial charge in [-0.25, -0.2) is 4.39 Å². The number of aliphatic hydroxyl groups excluding tert-OH is 1. The van der Waals surface area contributed by atoms with E-state index in [2.05, 4.69) is 4.98 Å². The highest BCUT2D eigenvalue weighted by Crippen LogP contribution is 2.35. The normalized spacial score (nSPS) is 18.9. The minimum Gasteiger partial charge on any atom is -0.398 e. The predicted molar refractivity (Wildman–Crippen MR) is 78.1 cm³/mol. The van der Waals surface area contributed by atoms with Crippen LogP contribution in [-0.2, 0) is 0 Å². The number of benzene rings is 1. The zero-order valence-corrected chi connectivity index (χ0v) is 11.2. The van der Waals surface area contributed by atoms with Gasteiger partial charge in [0.1, 0.15) is 0 Å². The average molecular weight is 275 g/mol. The maximum atomic E-state index is 14.3. The molecule has 1 fully saturated rings. The molecule has 0 aliphatic carbocycles. The lowest BCUT2D eigenvalue weighted by Gasteiger charge is -2.21. The van der Waals surface area contributed by atoms with Crippen molar-refractivity contribution >= 4 is 22.3 Å². The van der Waals surface area contributed by atoms with Gasteiger partial charge in [-0.1, -0.05) is 0 Å². The maximum Gasteiger partial charge on any atom is 0.150 e. The molecule has 20 heavy (non-hydrogen) atoms. The van der Waals surface area contributed by atoms with E-state index < -0.39 is 0 Å². The standard InChI is InChI=1S/C15H18FN3O/c16-12-8-13(17)11-2-1-5-18-14(11)15(12)19-6-3-10(9-19)4-7-20/h1-2,5,8,10,20H,3-4,6-7,9,17H2. The van der Waals surface area contributed by atoms with E-state index in [1.807, 2.05) is 11.0 Å². The topological polar surface area (TPSA) is 62.4 Å². The Hall–Kier alpha value is -1.88. The van der Waals surface area contributed by atoms with Crippen LogP contribution in [0.15, 0.2) is 24.4 Å². The van der Waals surface area contributed by atoms with Crippen LogP contribution >= 0.6 is 0 Å². The van der Waals surface area contributed by atoms with Crippen LogP contribution < -0.4 is 10.6 Å². The summed E-state index contributed by atoms with van der Waals surface area (Å²) in [6, 6.07) is 5.04. The van der Waals surface area contributed by atoms with E-state index in [0.29, 0.717) is 22.8 Å². The molecule has 0 saturated carbocycles. The molecule has 1 aromatic heterocycles. The molecule has 4 nitrogen and oxygen atoms in total. The highest BCUT2D eigenvalue weighted by molar-refractivity contribution is 5.99. The fraction of sp³-hybridized carbons (Fsp3) is 0.400. The molecule has 1 saturated heterocycles. The number of nitrogens with two attached hydrogens (primary N) is 1. The first kappa shape index (κ1) is 13.1. The van der Waals surface area contributed by atoms with Crippen LogP contribution in [-0.4, -0.2) is 29.8 Å². The van der Waals surface area contributed by atoms with E-state index in [9.17, 15) is 4.39 Å². The van der Waals surface area contributed by atoms with Crippen LogP contribution in [0.1, 0.15) is 12.8 Å². The molecule has 1 unspecified atom stereocenters. The fourth-order valence-electron chi connectivity index (χ4n) is 2.98. The Labute approximate surface area is 117 Å². The van der Waals surface area contributed by atoms with Gasteiger partial charge in [0.05, 0.1) is 11.2 Å². The second-order valence-electron chi connectivity index (χ2n) is 5.31. The molecule has 1 aromatic carbocycles. The van der Waals surface area contributed by atoms with E-state index in [1.165, 1.54) is 6.07 Å². The second kappa shape index (κ2) is 5.25. The zero-order valence-electron chi connectivity index (χ0n) is 11.2. The number of aromatic nitrogens is 1. The van der Waals surface area contributed by atoms with E-state index in [1.54, 1.807) is 12.3 Å². The van der Waals surface area contributed by atoms with Crippen LogP contribution in [0.5, 0.6) is 0 Å². The fourth-order valence-corrected chi connectivity index (χ4v) is 2.98. The number of nitrogens with zero attached hydrogens (tertiary/aromatic N) is 2. The smallest absolute Gasteiger partial charge is 0.150 e. The largest absolute Gasteiger partial charge is 0.398 e. The van der Waals surface area contributed by atoms with E-state index >= 15 is 0 Å². The van der Waals surface area contributed by atoms with Gasteiger partial charge >= 0.3 is 0 Å². The van der Waals surface area contributed by atoms with Crippen molar-refractivity contribution in [3.05, 3.63) is 30.2 Å². The Kier molecular flexibility index (Phi) is 3.44. The van der Waals surface area contributed by atoms with Crippen molar-refractivity contribution in [2.24, 2.45) is 5.92 Å². The van der Waals surface area contributed by atoms with Crippen molar-refractivity contribution in [3.63, 3.8) is 0 Å². The quantitative estimate of drug-likeness (QED) is 0.843. The summed E-state index contributed by atoms with van der Waals surface area (Å²) in [5.74, 6) is 0.0917. The van der Waals surface area contributed by atoms with Gasteiger partial charge in [-0.2, -0.15) is 0 Å². The lowest BCUT2D eigenvalue weighted by Crippen LogP contribution is -2.22. The van der Waals surface area contributed by atoms with Crippen LogP contribution in [0, 0.1) is 11.7 Å². The summed E-state index contributed by atoms with van der Waals surface area (Å²) in [6.07, 6.45) is 3.39. The van der Waals surface area contributed by atoms with Crippen LogP contribution in [0.25, 0.3) is 10.9 Å². The minimum atomic E-state index is -0.321. The van der Waals surface area contributed by atoms with Crippen molar-refractivity contribution < 1.29 is 9.50 Å². The lowest BCUT2D eigenvalue weighted by molar-refractivity contribution is 0.263. The number of fused-ring (bicyclic) bond motifs is 1. The molecule has 1 aliphatic heterocycles. The first-order valence-electron chi connectivity index (χ1n) is 6.89. The van der Waals surface area contributed by atoms with E-state index in [4.69, 9.17) is 10.8 Å². The maximum absolute atomic E-state index is 14.3. The van der Waals surface area contributed by atoms with E-state index in [-0.39, 0.29) is 12.4 Å². The Bertz CT molecular complexity index is 632. The van der Waals surface area contributed by atoms with Crippen molar-refractivity contribution in [2.45, 2.75) is 12.8 Å². The Morgan fingerprint density at radius 1 is 1.50 bits per heavy atom. The SMILES string of the molecule is Nc1cc(F)c(N2CCC(CCO)C2)c2ncccc12. The molecule has 3 rings (SSSR count).